The Kier molecular flexibility index (Phi) is 8.21. The van der Waals surface area contributed by atoms with Crippen LogP contribution in [0.4, 0.5) is 22.7 Å². The summed E-state index contributed by atoms with van der Waals surface area (Å²) in [6, 6.07) is 32.9. The molecule has 3 aliphatic heterocycles. The fourth-order valence-electron chi connectivity index (χ4n) is 7.35. The zero-order chi connectivity index (χ0) is 35.3. The van der Waals surface area contributed by atoms with Crippen LogP contribution < -0.4 is 14.5 Å². The van der Waals surface area contributed by atoms with E-state index in [1.54, 1.807) is 0 Å². The number of rotatable bonds is 5. The van der Waals surface area contributed by atoms with Crippen molar-refractivity contribution in [3.8, 4) is 5.75 Å². The molecule has 4 aromatic carbocycles. The second-order valence-electron chi connectivity index (χ2n) is 16.0. The summed E-state index contributed by atoms with van der Waals surface area (Å²) in [6.45, 7) is 15.2. The molecule has 0 saturated carbocycles. The van der Waals surface area contributed by atoms with E-state index in [2.05, 4.69) is 179 Å². The summed E-state index contributed by atoms with van der Waals surface area (Å²) >= 11 is 0. The lowest BCUT2D eigenvalue weighted by atomic mass is 9.89. The fourth-order valence-corrected chi connectivity index (χ4v) is 7.35. The standard InChI is InChI=1S/C47H47N2O2/c1-46(2,3)44-28-34(38-22-20-36(30-42(38)50-44)48-26-24-32-14-10-12-18-40(32)48)16-8-7-9-17-35-29-45(47(4,5)6)51-43-31-37(21-23-39(35)43)49-27-25-33-15-11-13-19-41(33)49/h7-23,28-31H,24-27H2,1-6H3/q+1. The lowest BCUT2D eigenvalue weighted by molar-refractivity contribution is 0.291. The van der Waals surface area contributed by atoms with Crippen LogP contribution in [0.5, 0.6) is 5.75 Å². The van der Waals surface area contributed by atoms with Gasteiger partial charge in [-0.05, 0) is 92.8 Å². The maximum Gasteiger partial charge on any atom is 0.362 e. The number of para-hydroxylation sites is 2. The van der Waals surface area contributed by atoms with Gasteiger partial charge in [-0.25, -0.2) is 4.42 Å². The van der Waals surface area contributed by atoms with Crippen LogP contribution in [-0.2, 0) is 18.3 Å². The lowest BCUT2D eigenvalue weighted by Gasteiger charge is -2.29. The first-order chi connectivity index (χ1) is 24.5. The summed E-state index contributed by atoms with van der Waals surface area (Å²) in [7, 11) is 0. The Morgan fingerprint density at radius 1 is 0.667 bits per heavy atom. The van der Waals surface area contributed by atoms with Gasteiger partial charge in [-0.1, -0.05) is 87.5 Å². The van der Waals surface area contributed by atoms with E-state index in [4.69, 9.17) is 9.15 Å². The monoisotopic (exact) mass is 671 g/mol. The maximum absolute atomic E-state index is 6.58. The van der Waals surface area contributed by atoms with Crippen molar-refractivity contribution in [3.63, 3.8) is 0 Å². The Labute approximate surface area is 302 Å². The van der Waals surface area contributed by atoms with E-state index in [0.29, 0.717) is 0 Å². The van der Waals surface area contributed by atoms with Gasteiger partial charge in [0.1, 0.15) is 11.5 Å². The third kappa shape index (κ3) is 6.40. The van der Waals surface area contributed by atoms with Crippen molar-refractivity contribution in [3.05, 3.63) is 155 Å². The Balaban J connectivity index is 1.09. The predicted molar refractivity (Wildman–Crippen MR) is 214 cm³/mol. The highest BCUT2D eigenvalue weighted by Crippen LogP contribution is 2.44. The normalized spacial score (nSPS) is 16.6. The van der Waals surface area contributed by atoms with Gasteiger partial charge in [0.25, 0.3) is 0 Å². The largest absolute Gasteiger partial charge is 0.460 e. The zero-order valence-electron chi connectivity index (χ0n) is 30.7. The van der Waals surface area contributed by atoms with Crippen LogP contribution in [0.2, 0.25) is 0 Å². The van der Waals surface area contributed by atoms with E-state index in [9.17, 15) is 0 Å². The van der Waals surface area contributed by atoms with Crippen LogP contribution >= 0.6 is 0 Å². The number of anilines is 4. The summed E-state index contributed by atoms with van der Waals surface area (Å²) in [4.78, 5) is 4.81. The van der Waals surface area contributed by atoms with E-state index < -0.39 is 0 Å². The van der Waals surface area contributed by atoms with Gasteiger partial charge < -0.3 is 14.5 Å². The molecule has 4 nitrogen and oxygen atoms in total. The first-order valence-corrected chi connectivity index (χ1v) is 18.2. The van der Waals surface area contributed by atoms with Gasteiger partial charge in [-0.2, -0.15) is 0 Å². The molecule has 0 N–H and O–H groups in total. The molecule has 4 heterocycles. The first kappa shape index (κ1) is 32.8. The SMILES string of the molecule is CC(C)(C)C1=CC(=CC=CC=Cc2cc(C(C)(C)C)[o+]c3cc(N4CCc5ccccc54)ccc23)c2ccc(N3CCc4ccccc43)cc2O1. The minimum Gasteiger partial charge on any atom is -0.460 e. The minimum absolute atomic E-state index is 0.126. The van der Waals surface area contributed by atoms with Crippen LogP contribution in [-0.4, -0.2) is 13.1 Å². The molecule has 0 fully saturated rings. The topological polar surface area (TPSA) is 27.0 Å². The number of hydrogen-bond acceptors (Lipinski definition) is 3. The van der Waals surface area contributed by atoms with Gasteiger partial charge in [0.15, 0.2) is 0 Å². The zero-order valence-corrected chi connectivity index (χ0v) is 30.7. The molecule has 0 radical (unpaired) electrons. The van der Waals surface area contributed by atoms with Gasteiger partial charge in [0.05, 0.1) is 22.6 Å². The highest BCUT2D eigenvalue weighted by molar-refractivity contribution is 5.90. The number of fused-ring (bicyclic) bond motifs is 4. The third-order valence-electron chi connectivity index (χ3n) is 10.2. The summed E-state index contributed by atoms with van der Waals surface area (Å²) in [5.74, 6) is 2.84. The van der Waals surface area contributed by atoms with Crippen LogP contribution in [0.15, 0.2) is 132 Å². The van der Waals surface area contributed by atoms with Crippen molar-refractivity contribution in [1.29, 1.82) is 0 Å². The average Bonchev–Trinajstić information content (AvgIpc) is 3.75. The number of ether oxygens (including phenoxy) is 1. The highest BCUT2D eigenvalue weighted by atomic mass is 16.5. The number of benzene rings is 4. The second-order valence-corrected chi connectivity index (χ2v) is 16.0. The van der Waals surface area contributed by atoms with Gasteiger partial charge in [0, 0.05) is 58.8 Å². The molecule has 3 aliphatic rings. The summed E-state index contributed by atoms with van der Waals surface area (Å²) < 4.78 is 13.2. The molecule has 8 rings (SSSR count). The van der Waals surface area contributed by atoms with E-state index in [1.165, 1.54) is 33.9 Å². The molecule has 0 bridgehead atoms. The Morgan fingerprint density at radius 2 is 1.31 bits per heavy atom. The molecule has 0 amide bonds. The smallest absolute Gasteiger partial charge is 0.362 e. The average molecular weight is 672 g/mol. The lowest BCUT2D eigenvalue weighted by Crippen LogP contribution is -2.19. The minimum atomic E-state index is -0.126. The molecule has 0 unspecified atom stereocenters. The molecule has 256 valence electrons. The van der Waals surface area contributed by atoms with Crippen molar-refractivity contribution >= 4 is 45.4 Å². The van der Waals surface area contributed by atoms with E-state index in [1.807, 2.05) is 0 Å². The highest BCUT2D eigenvalue weighted by Gasteiger charge is 2.30. The van der Waals surface area contributed by atoms with Crippen molar-refractivity contribution < 1.29 is 9.15 Å². The second kappa shape index (κ2) is 12.8. The molecular weight excluding hydrogens is 625 g/mol. The molecule has 0 atom stereocenters. The molecule has 0 aliphatic carbocycles. The fraction of sp³-hybridized carbons (Fsp3) is 0.255. The molecular formula is C47H47N2O2+. The quantitative estimate of drug-likeness (QED) is 0.137. The molecule has 0 spiro atoms. The summed E-state index contributed by atoms with van der Waals surface area (Å²) in [5, 5.41) is 1.11. The molecule has 0 saturated heterocycles. The Hall–Kier alpha value is -5.35. The van der Waals surface area contributed by atoms with Crippen molar-refractivity contribution in [1.82, 2.24) is 0 Å². The van der Waals surface area contributed by atoms with Crippen LogP contribution in [0, 0.1) is 5.41 Å². The van der Waals surface area contributed by atoms with E-state index in [0.717, 1.165) is 70.9 Å². The van der Waals surface area contributed by atoms with Gasteiger partial charge >= 0.3 is 11.3 Å². The Morgan fingerprint density at radius 3 is 1.98 bits per heavy atom. The molecule has 1 aromatic heterocycles. The van der Waals surface area contributed by atoms with Crippen molar-refractivity contribution in [2.24, 2.45) is 5.41 Å². The van der Waals surface area contributed by atoms with Gasteiger partial charge in [-0.15, -0.1) is 0 Å². The summed E-state index contributed by atoms with van der Waals surface area (Å²) in [5.41, 5.74) is 11.8. The van der Waals surface area contributed by atoms with Gasteiger partial charge in [-0.3, -0.25) is 0 Å². The first-order valence-electron chi connectivity index (χ1n) is 18.2. The van der Waals surface area contributed by atoms with Crippen molar-refractivity contribution in [2.75, 3.05) is 22.9 Å². The van der Waals surface area contributed by atoms with E-state index in [-0.39, 0.29) is 10.8 Å². The van der Waals surface area contributed by atoms with Crippen LogP contribution in [0.1, 0.15) is 69.6 Å². The van der Waals surface area contributed by atoms with E-state index >= 15 is 0 Å². The molecule has 5 aromatic rings. The van der Waals surface area contributed by atoms with Crippen LogP contribution in [0.3, 0.4) is 0 Å². The van der Waals surface area contributed by atoms with Crippen LogP contribution in [0.25, 0.3) is 22.6 Å². The molecule has 51 heavy (non-hydrogen) atoms. The summed E-state index contributed by atoms with van der Waals surface area (Å²) in [6.07, 6.45) is 15.1. The number of nitrogens with zero attached hydrogens (tertiary/aromatic N) is 2. The molecule has 4 heteroatoms. The maximum atomic E-state index is 6.58. The predicted octanol–water partition coefficient (Wildman–Crippen LogP) is 12.4. The number of allylic oxidation sites excluding steroid dienone is 7. The van der Waals surface area contributed by atoms with Gasteiger partial charge in [0.2, 0.25) is 0 Å². The third-order valence-corrected chi connectivity index (χ3v) is 10.2. The Bertz CT molecular complexity index is 2270. The number of hydrogen-bond donors (Lipinski definition) is 0. The van der Waals surface area contributed by atoms with Crippen molar-refractivity contribution in [2.45, 2.75) is 59.8 Å².